The fraction of sp³-hybridized carbons (Fsp3) is 0.875. The Kier molecular flexibility index (Phi) is 6.40. The third kappa shape index (κ3) is 4.49. The standard InChI is InChI=1S/C16H27FN4O3S/c1-11(2)25(23,24)20-5-3-12(4-6-20)7-15(19)16(22)21-10-13(17)8-14(21)9-18/h11-15H,3-8,10,19H2,1-2H3/t13-,14-,15?/m0/s1. The van der Waals surface area contributed by atoms with Crippen LogP contribution in [0.4, 0.5) is 4.39 Å². The lowest BCUT2D eigenvalue weighted by Crippen LogP contribution is -2.48. The van der Waals surface area contributed by atoms with Crippen LogP contribution in [0, 0.1) is 17.2 Å². The summed E-state index contributed by atoms with van der Waals surface area (Å²) in [5.74, 6) is -0.231. The van der Waals surface area contributed by atoms with E-state index in [1.807, 2.05) is 6.07 Å². The number of sulfonamides is 1. The number of rotatable bonds is 5. The highest BCUT2D eigenvalue weighted by molar-refractivity contribution is 7.89. The zero-order chi connectivity index (χ0) is 18.8. The number of carbonyl (C=O) groups is 1. The van der Waals surface area contributed by atoms with Crippen molar-refractivity contribution >= 4 is 15.9 Å². The Morgan fingerprint density at radius 2 is 1.96 bits per heavy atom. The van der Waals surface area contributed by atoms with Gasteiger partial charge in [-0.05, 0) is 39.0 Å². The van der Waals surface area contributed by atoms with Crippen LogP contribution in [0.3, 0.4) is 0 Å². The molecule has 2 saturated heterocycles. The van der Waals surface area contributed by atoms with E-state index >= 15 is 0 Å². The monoisotopic (exact) mass is 374 g/mol. The molecule has 2 rings (SSSR count). The second-order valence-corrected chi connectivity index (χ2v) is 9.74. The lowest BCUT2D eigenvalue weighted by atomic mass is 9.91. The molecule has 3 atom stereocenters. The minimum absolute atomic E-state index is 0.0421. The van der Waals surface area contributed by atoms with E-state index in [4.69, 9.17) is 11.0 Å². The van der Waals surface area contributed by atoms with Crippen molar-refractivity contribution in [2.24, 2.45) is 11.7 Å². The number of amides is 1. The molecule has 7 nitrogen and oxygen atoms in total. The predicted molar refractivity (Wildman–Crippen MR) is 91.6 cm³/mol. The summed E-state index contributed by atoms with van der Waals surface area (Å²) in [6, 6.07) is 0.431. The van der Waals surface area contributed by atoms with Crippen LogP contribution in [-0.4, -0.2) is 66.7 Å². The number of alkyl halides is 1. The molecule has 0 aromatic carbocycles. The molecular formula is C16H27FN4O3S. The maximum Gasteiger partial charge on any atom is 0.240 e. The number of likely N-dealkylation sites (tertiary alicyclic amines) is 1. The van der Waals surface area contributed by atoms with Crippen LogP contribution in [0.2, 0.25) is 0 Å². The zero-order valence-corrected chi connectivity index (χ0v) is 15.6. The Balaban J connectivity index is 1.87. The fourth-order valence-electron chi connectivity index (χ4n) is 3.52. The molecule has 0 aromatic heterocycles. The second-order valence-electron chi connectivity index (χ2n) is 7.25. The SMILES string of the molecule is CC(C)S(=O)(=O)N1CCC(CC(N)C(=O)N2C[C@@H](F)C[C@H]2C#N)CC1. The summed E-state index contributed by atoms with van der Waals surface area (Å²) < 4.78 is 39.3. The molecule has 9 heteroatoms. The highest BCUT2D eigenvalue weighted by Gasteiger charge is 2.38. The molecule has 2 N–H and O–H groups in total. The van der Waals surface area contributed by atoms with E-state index in [2.05, 4.69) is 0 Å². The van der Waals surface area contributed by atoms with E-state index < -0.39 is 33.5 Å². The van der Waals surface area contributed by atoms with E-state index in [1.165, 1.54) is 9.21 Å². The van der Waals surface area contributed by atoms with Gasteiger partial charge in [0.25, 0.3) is 0 Å². The Labute approximate surface area is 149 Å². The van der Waals surface area contributed by atoms with Crippen molar-refractivity contribution in [2.45, 2.75) is 63.0 Å². The highest BCUT2D eigenvalue weighted by Crippen LogP contribution is 2.26. The zero-order valence-electron chi connectivity index (χ0n) is 14.8. The summed E-state index contributed by atoms with van der Waals surface area (Å²) >= 11 is 0. The lowest BCUT2D eigenvalue weighted by molar-refractivity contribution is -0.133. The molecule has 2 heterocycles. The van der Waals surface area contributed by atoms with Gasteiger partial charge >= 0.3 is 0 Å². The van der Waals surface area contributed by atoms with Crippen LogP contribution in [0.1, 0.15) is 39.5 Å². The molecule has 142 valence electrons. The number of nitrogens with zero attached hydrogens (tertiary/aromatic N) is 3. The average molecular weight is 374 g/mol. The molecule has 1 unspecified atom stereocenters. The molecule has 0 spiro atoms. The van der Waals surface area contributed by atoms with Gasteiger partial charge < -0.3 is 10.6 Å². The number of nitrogens with two attached hydrogens (primary N) is 1. The molecular weight excluding hydrogens is 347 g/mol. The Morgan fingerprint density at radius 1 is 1.36 bits per heavy atom. The first-order valence-corrected chi connectivity index (χ1v) is 10.3. The summed E-state index contributed by atoms with van der Waals surface area (Å²) in [6.45, 7) is 4.12. The van der Waals surface area contributed by atoms with Crippen molar-refractivity contribution in [3.63, 3.8) is 0 Å². The van der Waals surface area contributed by atoms with Gasteiger partial charge in [0, 0.05) is 19.5 Å². The van der Waals surface area contributed by atoms with E-state index in [9.17, 15) is 17.6 Å². The predicted octanol–water partition coefficient (Wildman–Crippen LogP) is 0.617. The molecule has 25 heavy (non-hydrogen) atoms. The first-order chi connectivity index (χ1) is 11.7. The lowest BCUT2D eigenvalue weighted by Gasteiger charge is -2.33. The minimum atomic E-state index is -3.25. The van der Waals surface area contributed by atoms with Gasteiger partial charge in [0.2, 0.25) is 15.9 Å². The molecule has 0 radical (unpaired) electrons. The highest BCUT2D eigenvalue weighted by atomic mass is 32.2. The van der Waals surface area contributed by atoms with Gasteiger partial charge in [0.05, 0.1) is 23.9 Å². The number of carbonyl (C=O) groups excluding carboxylic acids is 1. The first-order valence-electron chi connectivity index (χ1n) is 8.75. The van der Waals surface area contributed by atoms with Crippen molar-refractivity contribution in [1.29, 1.82) is 5.26 Å². The van der Waals surface area contributed by atoms with Crippen LogP contribution < -0.4 is 5.73 Å². The van der Waals surface area contributed by atoms with Crippen LogP contribution in [0.5, 0.6) is 0 Å². The minimum Gasteiger partial charge on any atom is -0.322 e. The van der Waals surface area contributed by atoms with Gasteiger partial charge in [-0.1, -0.05) is 0 Å². The van der Waals surface area contributed by atoms with Gasteiger partial charge in [-0.2, -0.15) is 5.26 Å². The molecule has 2 aliphatic heterocycles. The third-order valence-corrected chi connectivity index (χ3v) is 7.39. The van der Waals surface area contributed by atoms with Crippen LogP contribution in [-0.2, 0) is 14.8 Å². The Bertz CT molecular complexity index is 626. The summed E-state index contributed by atoms with van der Waals surface area (Å²) in [5.41, 5.74) is 6.00. The second kappa shape index (κ2) is 7.98. The fourth-order valence-corrected chi connectivity index (χ4v) is 4.84. The van der Waals surface area contributed by atoms with Crippen molar-refractivity contribution in [1.82, 2.24) is 9.21 Å². The maximum absolute atomic E-state index is 13.5. The van der Waals surface area contributed by atoms with E-state index in [0.29, 0.717) is 32.4 Å². The van der Waals surface area contributed by atoms with E-state index in [-0.39, 0.29) is 24.8 Å². The largest absolute Gasteiger partial charge is 0.322 e. The molecule has 2 aliphatic rings. The molecule has 1 amide bonds. The van der Waals surface area contributed by atoms with Crippen LogP contribution in [0.15, 0.2) is 0 Å². The maximum atomic E-state index is 13.5. The number of halogens is 1. The number of piperidine rings is 1. The van der Waals surface area contributed by atoms with Gasteiger partial charge in [0.1, 0.15) is 12.2 Å². The smallest absolute Gasteiger partial charge is 0.240 e. The molecule has 0 aromatic rings. The molecule has 0 aliphatic carbocycles. The molecule has 0 bridgehead atoms. The van der Waals surface area contributed by atoms with Crippen LogP contribution >= 0.6 is 0 Å². The topological polar surface area (TPSA) is 108 Å². The quantitative estimate of drug-likeness (QED) is 0.759. The summed E-state index contributed by atoms with van der Waals surface area (Å²) in [4.78, 5) is 13.7. The number of nitriles is 1. The summed E-state index contributed by atoms with van der Waals surface area (Å²) in [6.07, 6.45) is 0.603. The van der Waals surface area contributed by atoms with E-state index in [1.54, 1.807) is 13.8 Å². The van der Waals surface area contributed by atoms with E-state index in [0.717, 1.165) is 0 Å². The summed E-state index contributed by atoms with van der Waals surface area (Å²) in [7, 11) is -3.25. The number of hydrogen-bond donors (Lipinski definition) is 1. The van der Waals surface area contributed by atoms with Gasteiger partial charge in [-0.3, -0.25) is 4.79 Å². The van der Waals surface area contributed by atoms with Gasteiger partial charge in [-0.15, -0.1) is 0 Å². The van der Waals surface area contributed by atoms with Crippen molar-refractivity contribution in [3.05, 3.63) is 0 Å². The molecule has 2 fully saturated rings. The summed E-state index contributed by atoms with van der Waals surface area (Å²) in [5, 5.41) is 8.60. The number of hydrogen-bond acceptors (Lipinski definition) is 5. The Hall–Kier alpha value is -1.24. The molecule has 0 saturated carbocycles. The van der Waals surface area contributed by atoms with Crippen LogP contribution in [0.25, 0.3) is 0 Å². The van der Waals surface area contributed by atoms with Gasteiger partial charge in [0.15, 0.2) is 0 Å². The van der Waals surface area contributed by atoms with Crippen molar-refractivity contribution in [2.75, 3.05) is 19.6 Å². The van der Waals surface area contributed by atoms with Gasteiger partial charge in [-0.25, -0.2) is 17.1 Å². The first kappa shape index (κ1) is 20.1. The van der Waals surface area contributed by atoms with Crippen molar-refractivity contribution in [3.8, 4) is 6.07 Å². The average Bonchev–Trinajstić information content (AvgIpc) is 2.95. The normalized spacial score (nSPS) is 27.4. The Morgan fingerprint density at radius 3 is 2.48 bits per heavy atom. The van der Waals surface area contributed by atoms with Crippen molar-refractivity contribution < 1.29 is 17.6 Å². The third-order valence-electron chi connectivity index (χ3n) is 5.12.